The van der Waals surface area contributed by atoms with Crippen LogP contribution in [-0.4, -0.2) is 4.98 Å². The van der Waals surface area contributed by atoms with Gasteiger partial charge in [-0.1, -0.05) is 18.2 Å². The Kier molecular flexibility index (Phi) is 2.23. The number of fused-ring (bicyclic) bond motifs is 1. The van der Waals surface area contributed by atoms with Gasteiger partial charge >= 0.3 is 0 Å². The summed E-state index contributed by atoms with van der Waals surface area (Å²) in [6.07, 6.45) is 0. The highest BCUT2D eigenvalue weighted by Gasteiger charge is 2.22. The summed E-state index contributed by atoms with van der Waals surface area (Å²) >= 11 is 0. The average Bonchev–Trinajstić information content (AvgIpc) is 2.74. The van der Waals surface area contributed by atoms with E-state index in [9.17, 15) is 0 Å². The maximum absolute atomic E-state index is 4.44. The minimum atomic E-state index is 1.01. The van der Waals surface area contributed by atoms with Crippen LogP contribution in [0.1, 0.15) is 11.4 Å². The Bertz CT molecular complexity index is 551. The van der Waals surface area contributed by atoms with Crippen LogP contribution in [0.2, 0.25) is 0 Å². The molecule has 0 atom stereocenters. The molecule has 0 bridgehead atoms. The van der Waals surface area contributed by atoms with Crippen LogP contribution in [0.15, 0.2) is 36.4 Å². The maximum Gasteiger partial charge on any atom is 0.0971 e. The minimum absolute atomic E-state index is 1.01. The van der Waals surface area contributed by atoms with Gasteiger partial charge in [-0.3, -0.25) is 15.4 Å². The monoisotopic (exact) mass is 226 g/mol. The second-order valence-corrected chi connectivity index (χ2v) is 4.15. The molecule has 2 heterocycles. The first-order chi connectivity index (χ1) is 8.25. The van der Waals surface area contributed by atoms with Crippen LogP contribution in [0.25, 0.3) is 0 Å². The van der Waals surface area contributed by atoms with Crippen molar-refractivity contribution < 1.29 is 0 Å². The summed E-state index contributed by atoms with van der Waals surface area (Å²) in [4.78, 5) is 4.44. The van der Waals surface area contributed by atoms with Gasteiger partial charge in [0.05, 0.1) is 22.8 Å². The molecule has 0 unspecified atom stereocenters. The number of nitrogens with zero attached hydrogens (tertiary/aromatic N) is 2. The number of rotatable bonds is 1. The molecule has 0 amide bonds. The van der Waals surface area contributed by atoms with Gasteiger partial charge in [0.25, 0.3) is 0 Å². The van der Waals surface area contributed by atoms with Crippen LogP contribution in [0, 0.1) is 13.8 Å². The number of nitrogens with one attached hydrogen (secondary N) is 2. The van der Waals surface area contributed by atoms with Gasteiger partial charge in [-0.15, -0.1) is 5.53 Å². The zero-order valence-corrected chi connectivity index (χ0v) is 9.86. The van der Waals surface area contributed by atoms with Gasteiger partial charge in [0, 0.05) is 5.69 Å². The van der Waals surface area contributed by atoms with E-state index in [0.717, 1.165) is 28.5 Å². The highest BCUT2D eigenvalue weighted by molar-refractivity contribution is 5.80. The highest BCUT2D eigenvalue weighted by Crippen LogP contribution is 2.36. The van der Waals surface area contributed by atoms with E-state index >= 15 is 0 Å². The van der Waals surface area contributed by atoms with Crippen molar-refractivity contribution in [2.24, 2.45) is 0 Å². The fraction of sp³-hybridized carbons (Fsp3) is 0.154. The lowest BCUT2D eigenvalue weighted by molar-refractivity contribution is 0.863. The fourth-order valence-electron chi connectivity index (χ4n) is 2.09. The van der Waals surface area contributed by atoms with E-state index in [-0.39, 0.29) is 0 Å². The van der Waals surface area contributed by atoms with Crippen molar-refractivity contribution in [1.82, 2.24) is 10.5 Å². The quantitative estimate of drug-likeness (QED) is 0.784. The van der Waals surface area contributed by atoms with Crippen molar-refractivity contribution in [2.45, 2.75) is 13.8 Å². The topological polar surface area (TPSA) is 40.2 Å². The molecule has 1 aromatic carbocycles. The Balaban J connectivity index is 2.10. The summed E-state index contributed by atoms with van der Waals surface area (Å²) in [5.74, 6) is 0. The molecule has 0 spiro atoms. The molecule has 0 radical (unpaired) electrons. The van der Waals surface area contributed by atoms with Crippen LogP contribution in [0.4, 0.5) is 17.1 Å². The number of hydrogen-bond acceptors (Lipinski definition) is 4. The minimum Gasteiger partial charge on any atom is -0.300 e. The van der Waals surface area contributed by atoms with Gasteiger partial charge in [-0.2, -0.15) is 0 Å². The Morgan fingerprint density at radius 2 is 1.88 bits per heavy atom. The molecule has 4 heteroatoms. The predicted octanol–water partition coefficient (Wildman–Crippen LogP) is 2.68. The van der Waals surface area contributed by atoms with Gasteiger partial charge in [0.2, 0.25) is 0 Å². The molecule has 4 nitrogen and oxygen atoms in total. The second kappa shape index (κ2) is 3.75. The highest BCUT2D eigenvalue weighted by atomic mass is 15.7. The van der Waals surface area contributed by atoms with E-state index < -0.39 is 0 Å². The lowest BCUT2D eigenvalue weighted by Gasteiger charge is -2.17. The molecular weight excluding hydrogens is 212 g/mol. The zero-order valence-electron chi connectivity index (χ0n) is 9.86. The van der Waals surface area contributed by atoms with Crippen molar-refractivity contribution in [3.05, 3.63) is 47.8 Å². The maximum atomic E-state index is 4.44. The van der Waals surface area contributed by atoms with Crippen molar-refractivity contribution >= 4 is 17.1 Å². The Morgan fingerprint density at radius 1 is 1.12 bits per heavy atom. The number of hydrogen-bond donors (Lipinski definition) is 2. The molecule has 0 saturated carbocycles. The molecule has 0 aliphatic carbocycles. The number of anilines is 3. The predicted molar refractivity (Wildman–Crippen MR) is 69.1 cm³/mol. The first-order valence-corrected chi connectivity index (χ1v) is 5.61. The number of hydrazine groups is 2. The fourth-order valence-corrected chi connectivity index (χ4v) is 2.09. The molecule has 86 valence electrons. The van der Waals surface area contributed by atoms with Gasteiger partial charge < -0.3 is 0 Å². The summed E-state index contributed by atoms with van der Waals surface area (Å²) in [6, 6.07) is 12.3. The van der Waals surface area contributed by atoms with E-state index in [0.29, 0.717) is 0 Å². The van der Waals surface area contributed by atoms with E-state index in [4.69, 9.17) is 0 Å². The zero-order chi connectivity index (χ0) is 11.8. The third-order valence-electron chi connectivity index (χ3n) is 2.86. The van der Waals surface area contributed by atoms with Crippen LogP contribution < -0.4 is 16.0 Å². The van der Waals surface area contributed by atoms with E-state index in [1.807, 2.05) is 37.1 Å². The first kappa shape index (κ1) is 10.1. The molecule has 1 aliphatic heterocycles. The van der Waals surface area contributed by atoms with Gasteiger partial charge in [0.15, 0.2) is 0 Å². The largest absolute Gasteiger partial charge is 0.300 e. The summed E-state index contributed by atoms with van der Waals surface area (Å²) in [5, 5.41) is 2.02. The Hall–Kier alpha value is -2.07. The second-order valence-electron chi connectivity index (χ2n) is 4.15. The standard InChI is InChI=1S/C13H14N4/c1-9-8-12-13(10(2)14-9)15-16-17(12)11-6-4-3-5-7-11/h3-8,15-16H,1-2H3. The third kappa shape index (κ3) is 1.62. The van der Waals surface area contributed by atoms with Crippen molar-refractivity contribution in [3.8, 4) is 0 Å². The molecule has 3 rings (SSSR count). The number of aromatic nitrogens is 1. The molecule has 1 aromatic heterocycles. The van der Waals surface area contributed by atoms with Crippen LogP contribution in [-0.2, 0) is 0 Å². The third-order valence-corrected chi connectivity index (χ3v) is 2.86. The summed E-state index contributed by atoms with van der Waals surface area (Å²) in [7, 11) is 0. The SMILES string of the molecule is Cc1cc2c(c(C)n1)NNN2c1ccccc1. The summed E-state index contributed by atoms with van der Waals surface area (Å²) < 4.78 is 0. The average molecular weight is 226 g/mol. The Labute approximate surface area is 100 Å². The molecule has 1 aliphatic rings. The lowest BCUT2D eigenvalue weighted by Crippen LogP contribution is -2.31. The Morgan fingerprint density at radius 3 is 2.65 bits per heavy atom. The number of para-hydroxylation sites is 1. The van der Waals surface area contributed by atoms with Gasteiger partial charge in [0.1, 0.15) is 0 Å². The molecule has 0 saturated heterocycles. The molecular formula is C13H14N4. The normalized spacial score (nSPS) is 13.4. The lowest BCUT2D eigenvalue weighted by atomic mass is 10.2. The molecule has 2 N–H and O–H groups in total. The summed E-state index contributed by atoms with van der Waals surface area (Å²) in [5.41, 5.74) is 11.6. The van der Waals surface area contributed by atoms with Crippen LogP contribution in [0.3, 0.4) is 0 Å². The summed E-state index contributed by atoms with van der Waals surface area (Å²) in [6.45, 7) is 4.02. The molecule has 2 aromatic rings. The number of benzene rings is 1. The van der Waals surface area contributed by atoms with Crippen molar-refractivity contribution in [2.75, 3.05) is 10.4 Å². The van der Waals surface area contributed by atoms with Crippen molar-refractivity contribution in [1.29, 1.82) is 0 Å². The smallest absolute Gasteiger partial charge is 0.0971 e. The number of aryl methyl sites for hydroxylation is 2. The first-order valence-electron chi connectivity index (χ1n) is 5.61. The van der Waals surface area contributed by atoms with E-state index in [1.54, 1.807) is 0 Å². The number of pyridine rings is 1. The molecule has 0 fully saturated rings. The van der Waals surface area contributed by atoms with Gasteiger partial charge in [-0.05, 0) is 32.0 Å². The van der Waals surface area contributed by atoms with Gasteiger partial charge in [-0.25, -0.2) is 0 Å². The van der Waals surface area contributed by atoms with E-state index in [2.05, 4.69) is 34.1 Å². The van der Waals surface area contributed by atoms with Crippen molar-refractivity contribution in [3.63, 3.8) is 0 Å². The van der Waals surface area contributed by atoms with Crippen LogP contribution in [0.5, 0.6) is 0 Å². The molecule has 17 heavy (non-hydrogen) atoms. The van der Waals surface area contributed by atoms with Crippen LogP contribution >= 0.6 is 0 Å². The van der Waals surface area contributed by atoms with E-state index in [1.165, 1.54) is 0 Å².